The van der Waals surface area contributed by atoms with E-state index < -0.39 is 0 Å². The molecule has 0 saturated heterocycles. The molecule has 0 fully saturated rings. The van der Waals surface area contributed by atoms with E-state index in [0.29, 0.717) is 0 Å². The molecule has 45 heavy (non-hydrogen) atoms. The van der Waals surface area contributed by atoms with E-state index in [1.165, 1.54) is 39.0 Å². The maximum absolute atomic E-state index is 3.90. The van der Waals surface area contributed by atoms with Gasteiger partial charge in [0.1, 0.15) is 0 Å². The summed E-state index contributed by atoms with van der Waals surface area (Å²) in [6.45, 7) is 42.2. The Hall–Kier alpha value is -4.10. The van der Waals surface area contributed by atoms with Crippen LogP contribution in [0.5, 0.6) is 0 Å². The fourth-order valence-electron chi connectivity index (χ4n) is 3.29. The van der Waals surface area contributed by atoms with Crippen LogP contribution in [0, 0.1) is 13.8 Å². The first-order chi connectivity index (χ1) is 21.3. The molecule has 0 aliphatic rings. The molecule has 0 aliphatic heterocycles. The fraction of sp³-hybridized carbons (Fsp3) is 0.318. The zero-order valence-electron chi connectivity index (χ0n) is 31.0. The molecule has 0 aliphatic carbocycles. The van der Waals surface area contributed by atoms with Gasteiger partial charge in [0.05, 0.1) is 0 Å². The van der Waals surface area contributed by atoms with Crippen LogP contribution in [0.25, 0.3) is 5.57 Å². The third-order valence-corrected chi connectivity index (χ3v) is 6.33. The third-order valence-electron chi connectivity index (χ3n) is 6.33. The van der Waals surface area contributed by atoms with Crippen LogP contribution in [-0.4, -0.2) is 0 Å². The van der Waals surface area contributed by atoms with E-state index in [4.69, 9.17) is 0 Å². The summed E-state index contributed by atoms with van der Waals surface area (Å²) in [6.07, 6.45) is 6.34. The Bertz CT molecular complexity index is 1290. The lowest BCUT2D eigenvalue weighted by atomic mass is 10.1. The Balaban J connectivity index is -0.000000514. The minimum absolute atomic E-state index is 0.943. The van der Waals surface area contributed by atoms with Gasteiger partial charge >= 0.3 is 0 Å². The van der Waals surface area contributed by atoms with Crippen molar-refractivity contribution in [2.24, 2.45) is 0 Å². The van der Waals surface area contributed by atoms with Crippen LogP contribution in [0.3, 0.4) is 0 Å². The number of anilines is 1. The van der Waals surface area contributed by atoms with Gasteiger partial charge in [0.2, 0.25) is 0 Å². The topological polar surface area (TPSA) is 12.0 Å². The molecule has 0 saturated carbocycles. The van der Waals surface area contributed by atoms with Gasteiger partial charge < -0.3 is 5.32 Å². The molecule has 3 rings (SSSR count). The lowest BCUT2D eigenvalue weighted by Gasteiger charge is -2.07. The third kappa shape index (κ3) is 25.0. The predicted molar refractivity (Wildman–Crippen MR) is 211 cm³/mol. The number of rotatable bonds is 7. The fourth-order valence-corrected chi connectivity index (χ4v) is 3.29. The average Bonchev–Trinajstić information content (AvgIpc) is 3.03. The molecule has 246 valence electrons. The number of benzene rings is 3. The van der Waals surface area contributed by atoms with Crippen LogP contribution >= 0.6 is 0 Å². The largest absolute Gasteiger partial charge is 0.360 e. The summed E-state index contributed by atoms with van der Waals surface area (Å²) in [7, 11) is 0. The van der Waals surface area contributed by atoms with Gasteiger partial charge in [-0.1, -0.05) is 141 Å². The Morgan fingerprint density at radius 1 is 0.756 bits per heavy atom. The quantitative estimate of drug-likeness (QED) is 0.208. The second-order valence-corrected chi connectivity index (χ2v) is 10.9. The second kappa shape index (κ2) is 28.7. The van der Waals surface area contributed by atoms with Crippen LogP contribution in [0.15, 0.2) is 140 Å². The SMILES string of the molecule is C=C.C=C(C)Nc1cccc(C(=C)C)c1.C=CC(C)=C(C)C.CC.CC(C)=CCc1ccccc1C.CCc1ccc(C)cc1. The van der Waals surface area contributed by atoms with Gasteiger partial charge in [-0.2, -0.15) is 0 Å². The van der Waals surface area contributed by atoms with Crippen LogP contribution in [0.2, 0.25) is 0 Å². The van der Waals surface area contributed by atoms with Crippen molar-refractivity contribution in [2.45, 2.75) is 95.9 Å². The molecule has 0 aromatic heterocycles. The number of hydrogen-bond donors (Lipinski definition) is 1. The molecule has 1 heteroatoms. The minimum atomic E-state index is 0.943. The summed E-state index contributed by atoms with van der Waals surface area (Å²) >= 11 is 0. The highest BCUT2D eigenvalue weighted by Crippen LogP contribution is 2.17. The average molecular weight is 608 g/mol. The van der Waals surface area contributed by atoms with E-state index >= 15 is 0 Å². The molecular formula is C44H65N. The Labute approximate surface area is 279 Å². The van der Waals surface area contributed by atoms with Gasteiger partial charge in [-0.05, 0) is 110 Å². The first-order valence-corrected chi connectivity index (χ1v) is 16.0. The molecule has 0 radical (unpaired) electrons. The number of allylic oxidation sites excluding steroid dienone is 7. The molecule has 1 N–H and O–H groups in total. The number of aryl methyl sites for hydroxylation is 3. The normalized spacial score (nSPS) is 8.62. The smallest absolute Gasteiger partial charge is 0.0387 e. The van der Waals surface area contributed by atoms with Crippen LogP contribution in [0.4, 0.5) is 5.69 Å². The zero-order chi connectivity index (χ0) is 35.4. The van der Waals surface area contributed by atoms with E-state index in [0.717, 1.165) is 35.4 Å². The minimum Gasteiger partial charge on any atom is -0.360 e. The van der Waals surface area contributed by atoms with Gasteiger partial charge in [-0.15, -0.1) is 13.2 Å². The van der Waals surface area contributed by atoms with E-state index in [1.54, 1.807) is 0 Å². The zero-order valence-corrected chi connectivity index (χ0v) is 31.0. The first kappa shape index (κ1) is 45.3. The van der Waals surface area contributed by atoms with Crippen molar-refractivity contribution < 1.29 is 0 Å². The van der Waals surface area contributed by atoms with Crippen molar-refractivity contribution in [1.82, 2.24) is 0 Å². The van der Waals surface area contributed by atoms with Crippen LogP contribution in [-0.2, 0) is 12.8 Å². The molecule has 3 aromatic rings. The maximum Gasteiger partial charge on any atom is 0.0387 e. The Kier molecular flexibility index (Phi) is 28.9. The molecule has 0 heterocycles. The van der Waals surface area contributed by atoms with E-state index in [-0.39, 0.29) is 0 Å². The van der Waals surface area contributed by atoms with Crippen molar-refractivity contribution in [3.8, 4) is 0 Å². The summed E-state index contributed by atoms with van der Waals surface area (Å²) in [4.78, 5) is 0. The highest BCUT2D eigenvalue weighted by Gasteiger charge is 1.95. The molecule has 1 nitrogen and oxygen atoms in total. The molecule has 0 spiro atoms. The Morgan fingerprint density at radius 3 is 1.71 bits per heavy atom. The van der Waals surface area contributed by atoms with Gasteiger partial charge in [0, 0.05) is 11.4 Å². The van der Waals surface area contributed by atoms with Crippen molar-refractivity contribution in [3.63, 3.8) is 0 Å². The molecule has 0 unspecified atom stereocenters. The van der Waals surface area contributed by atoms with Gasteiger partial charge in [-0.3, -0.25) is 0 Å². The van der Waals surface area contributed by atoms with E-state index in [9.17, 15) is 0 Å². The summed E-state index contributed by atoms with van der Waals surface area (Å²) in [6, 6.07) is 25.3. The summed E-state index contributed by atoms with van der Waals surface area (Å²) < 4.78 is 0. The molecule has 0 atom stereocenters. The van der Waals surface area contributed by atoms with Crippen molar-refractivity contribution in [1.29, 1.82) is 0 Å². The van der Waals surface area contributed by atoms with E-state index in [1.807, 2.05) is 52.0 Å². The monoisotopic (exact) mass is 608 g/mol. The second-order valence-electron chi connectivity index (χ2n) is 10.9. The predicted octanol–water partition coefficient (Wildman–Crippen LogP) is 14.1. The Morgan fingerprint density at radius 2 is 1.31 bits per heavy atom. The lowest BCUT2D eigenvalue weighted by molar-refractivity contribution is 1.14. The molecular weight excluding hydrogens is 542 g/mol. The number of nitrogens with one attached hydrogen (secondary N) is 1. The van der Waals surface area contributed by atoms with Gasteiger partial charge in [0.25, 0.3) is 0 Å². The van der Waals surface area contributed by atoms with Crippen molar-refractivity contribution in [3.05, 3.63) is 168 Å². The summed E-state index contributed by atoms with van der Waals surface area (Å²) in [5, 5.41) is 3.16. The summed E-state index contributed by atoms with van der Waals surface area (Å²) in [5.41, 5.74) is 13.8. The summed E-state index contributed by atoms with van der Waals surface area (Å²) in [5.74, 6) is 0. The highest BCUT2D eigenvalue weighted by atomic mass is 14.9. The van der Waals surface area contributed by atoms with E-state index in [2.05, 4.69) is 154 Å². The molecule has 0 bridgehead atoms. The standard InChI is InChI=1S/C12H15N.C12H16.C9H12.C7H12.C2H6.C2H4/c1-9(2)11-6-5-7-12(8-11)13-10(3)4;1-10(2)8-9-12-7-5-4-6-11(12)3;1-3-9-6-4-8(2)5-7-9;1-5-7(4)6(2)3;2*1-2/h5-8,13H,1,3H2,2,4H3;4-8H,9H2,1-3H3;4-7H,3H2,1-2H3;5H,1H2,2-4H3;1-2H3;1-2H2. The van der Waals surface area contributed by atoms with Crippen molar-refractivity contribution in [2.75, 3.05) is 5.32 Å². The lowest BCUT2D eigenvalue weighted by Crippen LogP contribution is -1.93. The maximum atomic E-state index is 3.90. The number of hydrogen-bond acceptors (Lipinski definition) is 1. The molecule has 3 aromatic carbocycles. The van der Waals surface area contributed by atoms with Gasteiger partial charge in [-0.25, -0.2) is 0 Å². The van der Waals surface area contributed by atoms with Crippen molar-refractivity contribution >= 4 is 11.3 Å². The highest BCUT2D eigenvalue weighted by molar-refractivity contribution is 5.66. The van der Waals surface area contributed by atoms with Crippen LogP contribution < -0.4 is 5.32 Å². The first-order valence-electron chi connectivity index (χ1n) is 16.0. The molecule has 0 amide bonds. The van der Waals surface area contributed by atoms with Crippen LogP contribution in [0.1, 0.15) is 97.1 Å². The van der Waals surface area contributed by atoms with Gasteiger partial charge in [0.15, 0.2) is 0 Å².